The summed E-state index contributed by atoms with van der Waals surface area (Å²) in [7, 11) is -6.84. The standard InChI is InChI=1S/C19H21F2N3O6S2/c1-30-17-5-2-13(10-18(17)31(22,26)27)23-19(25)12-6-8-24(9-7-12)32(28,29)14-3-4-15(20)16(21)11-14/h2-5,10-12H,6-9H2,1H3,(H,23,25)(H2,22,26,27). The van der Waals surface area contributed by atoms with Crippen molar-refractivity contribution in [2.45, 2.75) is 22.6 Å². The van der Waals surface area contributed by atoms with Crippen LogP contribution in [0.2, 0.25) is 0 Å². The Morgan fingerprint density at radius 1 is 1.06 bits per heavy atom. The van der Waals surface area contributed by atoms with Crippen molar-refractivity contribution in [2.24, 2.45) is 11.1 Å². The first-order chi connectivity index (χ1) is 14.9. The third kappa shape index (κ3) is 5.06. The van der Waals surface area contributed by atoms with Crippen molar-refractivity contribution in [1.29, 1.82) is 0 Å². The lowest BCUT2D eigenvalue weighted by Crippen LogP contribution is -2.41. The van der Waals surface area contributed by atoms with Crippen molar-refractivity contribution in [2.75, 3.05) is 25.5 Å². The van der Waals surface area contributed by atoms with Gasteiger partial charge in [-0.1, -0.05) is 0 Å². The van der Waals surface area contributed by atoms with Gasteiger partial charge < -0.3 is 10.1 Å². The van der Waals surface area contributed by atoms with Gasteiger partial charge in [0, 0.05) is 24.7 Å². The molecule has 3 rings (SSSR count). The number of sulfonamides is 2. The third-order valence-electron chi connectivity index (χ3n) is 5.09. The van der Waals surface area contributed by atoms with Gasteiger partial charge in [0.2, 0.25) is 26.0 Å². The number of ether oxygens (including phenoxy) is 1. The Morgan fingerprint density at radius 3 is 2.28 bits per heavy atom. The van der Waals surface area contributed by atoms with Gasteiger partial charge in [0.25, 0.3) is 0 Å². The molecule has 2 aromatic carbocycles. The van der Waals surface area contributed by atoms with Gasteiger partial charge in [-0.05, 0) is 49.2 Å². The topological polar surface area (TPSA) is 136 Å². The highest BCUT2D eigenvalue weighted by Gasteiger charge is 2.32. The fourth-order valence-electron chi connectivity index (χ4n) is 3.37. The number of nitrogens with two attached hydrogens (primary N) is 1. The van der Waals surface area contributed by atoms with Gasteiger partial charge in [-0.25, -0.2) is 30.8 Å². The molecule has 32 heavy (non-hydrogen) atoms. The number of nitrogens with zero attached hydrogens (tertiary/aromatic N) is 1. The second-order valence-corrected chi connectivity index (χ2v) is 10.6. The van der Waals surface area contributed by atoms with Crippen molar-refractivity contribution < 1.29 is 35.1 Å². The summed E-state index contributed by atoms with van der Waals surface area (Å²) in [5.41, 5.74) is 0.191. The minimum Gasteiger partial charge on any atom is -0.495 e. The van der Waals surface area contributed by atoms with Gasteiger partial charge in [-0.15, -0.1) is 0 Å². The maximum absolute atomic E-state index is 13.4. The van der Waals surface area contributed by atoms with E-state index in [0.717, 1.165) is 16.4 Å². The summed E-state index contributed by atoms with van der Waals surface area (Å²) in [6.07, 6.45) is 0.375. The van der Waals surface area contributed by atoms with E-state index in [1.165, 1.54) is 25.3 Å². The molecule has 0 aromatic heterocycles. The van der Waals surface area contributed by atoms with Crippen LogP contribution in [0.25, 0.3) is 0 Å². The van der Waals surface area contributed by atoms with Crippen molar-refractivity contribution in [3.8, 4) is 5.75 Å². The van der Waals surface area contributed by atoms with Gasteiger partial charge in [-0.3, -0.25) is 4.79 Å². The maximum atomic E-state index is 13.4. The average molecular weight is 490 g/mol. The van der Waals surface area contributed by atoms with Gasteiger partial charge in [0.05, 0.1) is 12.0 Å². The quantitative estimate of drug-likeness (QED) is 0.634. The van der Waals surface area contributed by atoms with Crippen LogP contribution in [-0.4, -0.2) is 47.2 Å². The summed E-state index contributed by atoms with van der Waals surface area (Å²) in [5, 5.41) is 7.77. The number of hydrogen-bond donors (Lipinski definition) is 2. The molecule has 1 fully saturated rings. The number of rotatable bonds is 6. The summed E-state index contributed by atoms with van der Waals surface area (Å²) >= 11 is 0. The minimum absolute atomic E-state index is 0.00442. The van der Waals surface area contributed by atoms with Crippen molar-refractivity contribution in [1.82, 2.24) is 4.31 Å². The Morgan fingerprint density at radius 2 is 1.72 bits per heavy atom. The Bertz CT molecular complexity index is 1240. The Labute approximate surface area is 184 Å². The summed E-state index contributed by atoms with van der Waals surface area (Å²) < 4.78 is 81.4. The normalized spacial score (nSPS) is 16.0. The van der Waals surface area contributed by atoms with Crippen LogP contribution in [0.3, 0.4) is 0 Å². The molecule has 0 atom stereocenters. The van der Waals surface area contributed by atoms with Crippen LogP contribution < -0.4 is 15.2 Å². The van der Waals surface area contributed by atoms with E-state index in [0.29, 0.717) is 6.07 Å². The highest BCUT2D eigenvalue weighted by atomic mass is 32.2. The Kier molecular flexibility index (Phi) is 6.83. The third-order valence-corrected chi connectivity index (χ3v) is 7.92. The van der Waals surface area contributed by atoms with Crippen LogP contribution in [0, 0.1) is 17.6 Å². The molecule has 174 valence electrons. The van der Waals surface area contributed by atoms with E-state index < -0.39 is 43.5 Å². The maximum Gasteiger partial charge on any atom is 0.243 e. The number of hydrogen-bond acceptors (Lipinski definition) is 6. The fraction of sp³-hybridized carbons (Fsp3) is 0.316. The number of primary sulfonamides is 1. The highest BCUT2D eigenvalue weighted by molar-refractivity contribution is 7.89. The number of methoxy groups -OCH3 is 1. The van der Waals surface area contributed by atoms with E-state index in [-0.39, 0.29) is 47.2 Å². The van der Waals surface area contributed by atoms with Gasteiger partial charge in [-0.2, -0.15) is 4.31 Å². The van der Waals surface area contributed by atoms with E-state index >= 15 is 0 Å². The number of anilines is 1. The lowest BCUT2D eigenvalue weighted by molar-refractivity contribution is -0.120. The largest absolute Gasteiger partial charge is 0.495 e. The average Bonchev–Trinajstić information content (AvgIpc) is 2.75. The Balaban J connectivity index is 1.68. The number of carbonyl (C=O) groups excluding carboxylic acids is 1. The first-order valence-corrected chi connectivity index (χ1v) is 12.4. The van der Waals surface area contributed by atoms with Crippen molar-refractivity contribution in [3.05, 3.63) is 48.0 Å². The molecule has 0 unspecified atom stereocenters. The second kappa shape index (κ2) is 9.10. The van der Waals surface area contributed by atoms with Crippen molar-refractivity contribution >= 4 is 31.6 Å². The predicted molar refractivity (Wildman–Crippen MR) is 111 cm³/mol. The molecular weight excluding hydrogens is 468 g/mol. The predicted octanol–water partition coefficient (Wildman–Crippen LogP) is 1.66. The smallest absolute Gasteiger partial charge is 0.243 e. The zero-order valence-electron chi connectivity index (χ0n) is 16.9. The van der Waals surface area contributed by atoms with Crippen LogP contribution in [0.15, 0.2) is 46.2 Å². The number of amides is 1. The molecule has 1 amide bonds. The van der Waals surface area contributed by atoms with Gasteiger partial charge in [0.15, 0.2) is 11.6 Å². The zero-order valence-corrected chi connectivity index (χ0v) is 18.5. The lowest BCUT2D eigenvalue weighted by Gasteiger charge is -2.30. The van der Waals surface area contributed by atoms with Gasteiger partial charge >= 0.3 is 0 Å². The lowest BCUT2D eigenvalue weighted by atomic mass is 9.97. The first-order valence-electron chi connectivity index (χ1n) is 9.40. The van der Waals surface area contributed by atoms with Crippen LogP contribution in [-0.2, 0) is 24.8 Å². The van der Waals surface area contributed by atoms with E-state index in [4.69, 9.17) is 9.88 Å². The summed E-state index contributed by atoms with van der Waals surface area (Å²) in [4.78, 5) is 12.0. The molecule has 1 aliphatic heterocycles. The molecule has 1 aliphatic rings. The van der Waals surface area contributed by atoms with Crippen LogP contribution in [0.5, 0.6) is 5.75 Å². The molecule has 2 aromatic rings. The molecule has 1 saturated heterocycles. The second-order valence-electron chi connectivity index (χ2n) is 7.15. The monoisotopic (exact) mass is 489 g/mol. The highest BCUT2D eigenvalue weighted by Crippen LogP contribution is 2.28. The molecule has 0 spiro atoms. The van der Waals surface area contributed by atoms with Crippen LogP contribution in [0.1, 0.15) is 12.8 Å². The number of carbonyl (C=O) groups is 1. The fourth-order valence-corrected chi connectivity index (χ4v) is 5.57. The van der Waals surface area contributed by atoms with E-state index in [9.17, 15) is 30.4 Å². The molecular formula is C19H21F2N3O6S2. The van der Waals surface area contributed by atoms with Crippen LogP contribution in [0.4, 0.5) is 14.5 Å². The number of benzene rings is 2. The number of halogens is 2. The van der Waals surface area contributed by atoms with E-state index in [1.807, 2.05) is 0 Å². The molecule has 0 aliphatic carbocycles. The SMILES string of the molecule is COc1ccc(NC(=O)C2CCN(S(=O)(=O)c3ccc(F)c(F)c3)CC2)cc1S(N)(=O)=O. The van der Waals surface area contributed by atoms with E-state index in [2.05, 4.69) is 5.32 Å². The Hall–Kier alpha value is -2.61. The first kappa shape index (κ1) is 24.0. The van der Waals surface area contributed by atoms with E-state index in [1.54, 1.807) is 0 Å². The number of nitrogens with one attached hydrogen (secondary N) is 1. The zero-order chi connectivity index (χ0) is 23.7. The van der Waals surface area contributed by atoms with Crippen LogP contribution >= 0.6 is 0 Å². The molecule has 0 saturated carbocycles. The molecule has 13 heteroatoms. The molecule has 0 bridgehead atoms. The molecule has 1 heterocycles. The molecule has 9 nitrogen and oxygen atoms in total. The summed E-state index contributed by atoms with van der Waals surface area (Å²) in [6, 6.07) is 6.33. The summed E-state index contributed by atoms with van der Waals surface area (Å²) in [6.45, 7) is 0.00884. The molecule has 3 N–H and O–H groups in total. The number of piperidine rings is 1. The van der Waals surface area contributed by atoms with Crippen molar-refractivity contribution in [3.63, 3.8) is 0 Å². The van der Waals surface area contributed by atoms with Gasteiger partial charge in [0.1, 0.15) is 10.6 Å². The summed E-state index contributed by atoms with van der Waals surface area (Å²) in [5.74, 6) is -3.34. The minimum atomic E-state index is -4.08. The molecule has 0 radical (unpaired) electrons.